The highest BCUT2D eigenvalue weighted by molar-refractivity contribution is 7.07. The number of aliphatic carboxylic acids is 1. The Bertz CT molecular complexity index is 298. The highest BCUT2D eigenvalue weighted by atomic mass is 32.1. The molecule has 0 saturated heterocycles. The van der Waals surface area contributed by atoms with Crippen molar-refractivity contribution in [3.05, 3.63) is 17.1 Å². The lowest BCUT2D eigenvalue weighted by molar-refractivity contribution is -0.692. The summed E-state index contributed by atoms with van der Waals surface area (Å²) in [5.41, 5.74) is 2.15. The van der Waals surface area contributed by atoms with Crippen LogP contribution < -0.4 is 9.67 Å². The molecule has 0 amide bonds. The Hall–Kier alpha value is -1.11. The van der Waals surface area contributed by atoms with E-state index in [0.29, 0.717) is 0 Å². The Morgan fingerprint density at radius 1 is 1.50 bits per heavy atom. The van der Waals surface area contributed by atoms with Gasteiger partial charge in [-0.1, -0.05) is 24.7 Å². The molecule has 1 rings (SSSR count). The first kappa shape index (κ1) is 14.9. The van der Waals surface area contributed by atoms with Crippen molar-refractivity contribution in [1.29, 1.82) is 0 Å². The van der Waals surface area contributed by atoms with Crippen LogP contribution in [0, 0.1) is 0 Å². The van der Waals surface area contributed by atoms with Gasteiger partial charge in [0, 0.05) is 6.42 Å². The molecule has 7 heteroatoms. The third-order valence-corrected chi connectivity index (χ3v) is 2.20. The maximum absolute atomic E-state index is 10.5. The summed E-state index contributed by atoms with van der Waals surface area (Å²) in [4.78, 5) is 8.78. The van der Waals surface area contributed by atoms with Crippen LogP contribution >= 0.6 is 11.3 Å². The van der Waals surface area contributed by atoms with Crippen molar-refractivity contribution >= 4 is 17.3 Å². The van der Waals surface area contributed by atoms with Gasteiger partial charge in [0.2, 0.25) is 5.51 Å². The number of hydrogen-bond donors (Lipinski definition) is 0. The van der Waals surface area contributed by atoms with Crippen LogP contribution in [0.4, 0.5) is 13.2 Å². The zero-order valence-electron chi connectivity index (χ0n) is 8.66. The van der Waals surface area contributed by atoms with Crippen molar-refractivity contribution in [2.45, 2.75) is 32.5 Å². The van der Waals surface area contributed by atoms with Crippen molar-refractivity contribution in [1.82, 2.24) is 0 Å². The average molecular weight is 255 g/mol. The normalized spacial score (nSPS) is 10.5. The number of carbonyl (C=O) groups excluding carboxylic acids is 1. The lowest BCUT2D eigenvalue weighted by Crippen LogP contribution is -2.37. The van der Waals surface area contributed by atoms with Crippen molar-refractivity contribution in [2.75, 3.05) is 0 Å². The van der Waals surface area contributed by atoms with E-state index in [1.54, 1.807) is 11.3 Å². The topological polar surface area (TPSA) is 44.0 Å². The standard InChI is InChI=1S/C7H12NS.C2HF3O2/c1-2-3-4-8-5-6-9-7-8;3-2(4,5)1(6)7/h5-7H,2-4H2,1H3;(H,6,7)/q+1;/p-1. The quantitative estimate of drug-likeness (QED) is 0.760. The van der Waals surface area contributed by atoms with E-state index in [1.807, 2.05) is 0 Å². The van der Waals surface area contributed by atoms with E-state index < -0.39 is 12.1 Å². The highest BCUT2D eigenvalue weighted by Crippen LogP contribution is 2.11. The van der Waals surface area contributed by atoms with E-state index in [2.05, 4.69) is 28.6 Å². The molecule has 0 saturated carbocycles. The minimum Gasteiger partial charge on any atom is -0.542 e. The van der Waals surface area contributed by atoms with Crippen molar-refractivity contribution < 1.29 is 27.6 Å². The second kappa shape index (κ2) is 7.21. The second-order valence-corrected chi connectivity index (χ2v) is 3.66. The van der Waals surface area contributed by atoms with Gasteiger partial charge < -0.3 is 9.90 Å². The van der Waals surface area contributed by atoms with Crippen LogP contribution in [0.3, 0.4) is 0 Å². The Kier molecular flexibility index (Phi) is 6.71. The van der Waals surface area contributed by atoms with Gasteiger partial charge in [-0.15, -0.1) is 0 Å². The van der Waals surface area contributed by atoms with Gasteiger partial charge in [0.1, 0.15) is 12.5 Å². The fraction of sp³-hybridized carbons (Fsp3) is 0.556. The smallest absolute Gasteiger partial charge is 0.430 e. The number of hydrogen-bond acceptors (Lipinski definition) is 3. The third kappa shape index (κ3) is 7.22. The fourth-order valence-electron chi connectivity index (χ4n) is 0.730. The highest BCUT2D eigenvalue weighted by Gasteiger charge is 2.28. The van der Waals surface area contributed by atoms with Crippen LogP contribution in [0.25, 0.3) is 0 Å². The van der Waals surface area contributed by atoms with Crippen molar-refractivity contribution in [2.24, 2.45) is 0 Å². The molecular weight excluding hydrogens is 243 g/mol. The van der Waals surface area contributed by atoms with Crippen LogP contribution in [0.15, 0.2) is 17.1 Å². The molecule has 0 aromatic carbocycles. The minimum atomic E-state index is -5.19. The number of aryl methyl sites for hydroxylation is 1. The summed E-state index contributed by atoms with van der Waals surface area (Å²) in [6.45, 7) is 3.40. The number of halogens is 3. The number of aromatic nitrogens is 1. The Labute approximate surface area is 95.1 Å². The van der Waals surface area contributed by atoms with E-state index >= 15 is 0 Å². The maximum Gasteiger partial charge on any atom is 0.430 e. The molecule has 0 bridgehead atoms. The number of carboxylic acid groups (broad SMARTS) is 1. The number of carboxylic acids is 1. The largest absolute Gasteiger partial charge is 0.542 e. The average Bonchev–Trinajstić information content (AvgIpc) is 2.66. The predicted octanol–water partition coefficient (Wildman–Crippen LogP) is 1.13. The number of rotatable bonds is 3. The van der Waals surface area contributed by atoms with E-state index in [0.717, 1.165) is 0 Å². The molecule has 0 unspecified atom stereocenters. The van der Waals surface area contributed by atoms with Gasteiger partial charge in [0.05, 0.1) is 5.38 Å². The van der Waals surface area contributed by atoms with Gasteiger partial charge in [0.15, 0.2) is 6.20 Å². The van der Waals surface area contributed by atoms with Crippen LogP contribution in [0.5, 0.6) is 0 Å². The van der Waals surface area contributed by atoms with Gasteiger partial charge in [-0.25, -0.2) is 0 Å². The summed E-state index contributed by atoms with van der Waals surface area (Å²) >= 11 is 1.75. The Morgan fingerprint density at radius 2 is 2.06 bits per heavy atom. The second-order valence-electron chi connectivity index (χ2n) is 2.90. The Morgan fingerprint density at radius 3 is 2.38 bits per heavy atom. The molecule has 1 aromatic rings. The molecule has 3 nitrogen and oxygen atoms in total. The van der Waals surface area contributed by atoms with Crippen LogP contribution in [-0.4, -0.2) is 12.1 Å². The summed E-state index contributed by atoms with van der Waals surface area (Å²) in [6.07, 6.45) is -0.495. The monoisotopic (exact) mass is 255 g/mol. The van der Waals surface area contributed by atoms with Gasteiger partial charge in [0.25, 0.3) is 0 Å². The summed E-state index contributed by atoms with van der Waals surface area (Å²) in [5.74, 6) is -3.01. The van der Waals surface area contributed by atoms with Gasteiger partial charge >= 0.3 is 6.18 Å². The van der Waals surface area contributed by atoms with Gasteiger partial charge in [-0.3, -0.25) is 0 Å². The van der Waals surface area contributed by atoms with E-state index in [9.17, 15) is 13.2 Å². The molecule has 0 spiro atoms. The fourth-order valence-corrected chi connectivity index (χ4v) is 1.36. The summed E-state index contributed by atoms with van der Waals surface area (Å²) in [7, 11) is 0. The molecule has 0 aliphatic heterocycles. The maximum atomic E-state index is 10.5. The van der Waals surface area contributed by atoms with E-state index in [-0.39, 0.29) is 0 Å². The van der Waals surface area contributed by atoms with Crippen LogP contribution in [0.1, 0.15) is 19.8 Å². The zero-order valence-corrected chi connectivity index (χ0v) is 9.48. The molecule has 16 heavy (non-hydrogen) atoms. The van der Waals surface area contributed by atoms with Crippen molar-refractivity contribution in [3.8, 4) is 0 Å². The Balaban J connectivity index is 0.000000293. The number of nitrogens with zero attached hydrogens (tertiary/aromatic N) is 1. The van der Waals surface area contributed by atoms with E-state index in [1.165, 1.54) is 19.4 Å². The molecule has 0 fully saturated rings. The zero-order chi connectivity index (χ0) is 12.6. The predicted molar refractivity (Wildman–Crippen MR) is 50.5 cm³/mol. The molecule has 0 radical (unpaired) electrons. The number of carbonyl (C=O) groups is 1. The molecule has 1 heterocycles. The summed E-state index contributed by atoms with van der Waals surface area (Å²) in [6, 6.07) is 0. The first-order valence-corrected chi connectivity index (χ1v) is 5.51. The first-order valence-electron chi connectivity index (χ1n) is 4.57. The van der Waals surface area contributed by atoms with Crippen LogP contribution in [0.2, 0.25) is 0 Å². The molecule has 0 atom stereocenters. The minimum absolute atomic E-state index is 1.18. The third-order valence-electron chi connectivity index (χ3n) is 1.53. The number of alkyl halides is 3. The number of thiazole rings is 1. The lowest BCUT2D eigenvalue weighted by atomic mass is 10.3. The molecule has 0 aliphatic rings. The number of unbranched alkanes of at least 4 members (excludes halogenated alkanes) is 1. The first-order chi connectivity index (χ1) is 7.38. The lowest BCUT2D eigenvalue weighted by Gasteiger charge is -2.03. The van der Waals surface area contributed by atoms with E-state index in [4.69, 9.17) is 9.90 Å². The summed E-state index contributed by atoms with van der Waals surface area (Å²) < 4.78 is 33.8. The molecule has 92 valence electrons. The molecule has 0 aliphatic carbocycles. The van der Waals surface area contributed by atoms with Gasteiger partial charge in [-0.2, -0.15) is 17.7 Å². The summed E-state index contributed by atoms with van der Waals surface area (Å²) in [5, 5.41) is 10.9. The molecule has 0 N–H and O–H groups in total. The SMILES string of the molecule is CCCC[n+]1ccsc1.O=C([O-])C(F)(F)F. The van der Waals surface area contributed by atoms with Crippen molar-refractivity contribution in [3.63, 3.8) is 0 Å². The molecular formula is C9H12F3NO2S. The van der Waals surface area contributed by atoms with Crippen LogP contribution in [-0.2, 0) is 11.3 Å². The van der Waals surface area contributed by atoms with Gasteiger partial charge in [-0.05, 0) is 0 Å². The molecule has 1 aromatic heterocycles.